The molecule has 6 heteroatoms. The molecule has 3 aromatic heterocycles. The molecule has 0 aliphatic rings. The van der Waals surface area contributed by atoms with Crippen molar-refractivity contribution in [3.05, 3.63) is 37.1 Å². The Hall–Kier alpha value is -2.24. The second-order valence-corrected chi connectivity index (χ2v) is 3.76. The maximum atomic E-state index is 4.34. The van der Waals surface area contributed by atoms with E-state index in [2.05, 4.69) is 26.9 Å². The second kappa shape index (κ2) is 3.97. The van der Waals surface area contributed by atoms with Crippen molar-refractivity contribution >= 4 is 11.2 Å². The monoisotopic (exact) mass is 228 g/mol. The van der Waals surface area contributed by atoms with Crippen LogP contribution in [0.15, 0.2) is 31.2 Å². The van der Waals surface area contributed by atoms with Gasteiger partial charge in [-0.2, -0.15) is 0 Å². The van der Waals surface area contributed by atoms with Gasteiger partial charge >= 0.3 is 0 Å². The van der Waals surface area contributed by atoms with Crippen molar-refractivity contribution < 1.29 is 0 Å². The summed E-state index contributed by atoms with van der Waals surface area (Å²) < 4.78 is 3.85. The molecule has 0 aliphatic carbocycles. The lowest BCUT2D eigenvalue weighted by Crippen LogP contribution is -2.11. The summed E-state index contributed by atoms with van der Waals surface area (Å²) in [6, 6.07) is 0. The highest BCUT2D eigenvalue weighted by molar-refractivity contribution is 5.68. The molecule has 3 rings (SSSR count). The van der Waals surface area contributed by atoms with E-state index in [1.807, 2.05) is 15.5 Å². The molecule has 0 aromatic carbocycles. The summed E-state index contributed by atoms with van der Waals surface area (Å²) in [6.07, 6.45) is 10.6. The Balaban J connectivity index is 2.17. The van der Waals surface area contributed by atoms with Crippen LogP contribution >= 0.6 is 0 Å². The predicted octanol–water partition coefficient (Wildman–Crippen LogP) is 1.29. The fourth-order valence-corrected chi connectivity index (χ4v) is 1.84. The number of nitrogens with zero attached hydrogens (tertiary/aromatic N) is 6. The van der Waals surface area contributed by atoms with Crippen LogP contribution in [0.4, 0.5) is 0 Å². The second-order valence-electron chi connectivity index (χ2n) is 3.76. The van der Waals surface area contributed by atoms with Crippen molar-refractivity contribution in [1.82, 2.24) is 29.3 Å². The fourth-order valence-electron chi connectivity index (χ4n) is 1.84. The third kappa shape index (κ3) is 1.57. The quantitative estimate of drug-likeness (QED) is 0.677. The minimum absolute atomic E-state index is 0.781. The molecule has 0 fully saturated rings. The summed E-state index contributed by atoms with van der Waals surface area (Å²) in [7, 11) is 0. The van der Waals surface area contributed by atoms with Gasteiger partial charge in [0.25, 0.3) is 0 Å². The van der Waals surface area contributed by atoms with Crippen molar-refractivity contribution in [1.29, 1.82) is 0 Å². The van der Waals surface area contributed by atoms with Gasteiger partial charge in [-0.1, -0.05) is 6.92 Å². The summed E-state index contributed by atoms with van der Waals surface area (Å²) in [4.78, 5) is 16.8. The Morgan fingerprint density at radius 2 is 2.12 bits per heavy atom. The summed E-state index contributed by atoms with van der Waals surface area (Å²) in [6.45, 7) is 2.13. The molecule has 17 heavy (non-hydrogen) atoms. The first-order chi connectivity index (χ1) is 8.40. The molecule has 0 bridgehead atoms. The van der Waals surface area contributed by atoms with Crippen molar-refractivity contribution in [2.45, 2.75) is 19.8 Å². The average Bonchev–Trinajstić information content (AvgIpc) is 2.95. The smallest absolute Gasteiger partial charge is 0.182 e. The number of hydrogen-bond acceptors (Lipinski definition) is 4. The van der Waals surface area contributed by atoms with E-state index in [1.54, 1.807) is 18.7 Å². The maximum absolute atomic E-state index is 4.34. The van der Waals surface area contributed by atoms with Gasteiger partial charge in [0, 0.05) is 18.8 Å². The van der Waals surface area contributed by atoms with Gasteiger partial charge in [-0.3, -0.25) is 0 Å². The Morgan fingerprint density at radius 1 is 1.18 bits per heavy atom. The van der Waals surface area contributed by atoms with Gasteiger partial charge in [0.1, 0.15) is 24.0 Å². The van der Waals surface area contributed by atoms with Gasteiger partial charge in [0.2, 0.25) is 0 Å². The van der Waals surface area contributed by atoms with Crippen LogP contribution in [0.5, 0.6) is 0 Å². The molecule has 0 radical (unpaired) electrons. The van der Waals surface area contributed by atoms with Gasteiger partial charge in [-0.15, -0.1) is 0 Å². The molecule has 3 heterocycles. The van der Waals surface area contributed by atoms with Crippen LogP contribution in [-0.2, 0) is 6.42 Å². The van der Waals surface area contributed by atoms with Gasteiger partial charge < -0.3 is 0 Å². The Labute approximate surface area is 98.0 Å². The molecule has 0 saturated heterocycles. The Kier molecular flexibility index (Phi) is 2.32. The van der Waals surface area contributed by atoms with Crippen LogP contribution in [0.2, 0.25) is 0 Å². The van der Waals surface area contributed by atoms with E-state index in [9.17, 15) is 0 Å². The van der Waals surface area contributed by atoms with Crippen LogP contribution < -0.4 is 0 Å². The van der Waals surface area contributed by atoms with Gasteiger partial charge in [-0.25, -0.2) is 29.3 Å². The first kappa shape index (κ1) is 9.95. The molecular formula is C11H12N6. The van der Waals surface area contributed by atoms with Crippen LogP contribution in [0, 0.1) is 0 Å². The lowest BCUT2D eigenvalue weighted by molar-refractivity contribution is 0.619. The van der Waals surface area contributed by atoms with Crippen molar-refractivity contribution in [2.24, 2.45) is 0 Å². The average molecular weight is 228 g/mol. The predicted molar refractivity (Wildman–Crippen MR) is 62.3 cm³/mol. The van der Waals surface area contributed by atoms with Crippen molar-refractivity contribution in [2.75, 3.05) is 0 Å². The molecule has 6 nitrogen and oxygen atoms in total. The Morgan fingerprint density at radius 3 is 3.00 bits per heavy atom. The highest BCUT2D eigenvalue weighted by Crippen LogP contribution is 2.10. The Bertz CT molecular complexity index is 638. The first-order valence-electron chi connectivity index (χ1n) is 5.56. The lowest BCUT2D eigenvalue weighted by atomic mass is 10.3. The highest BCUT2D eigenvalue weighted by Gasteiger charge is 2.08. The van der Waals surface area contributed by atoms with Crippen LogP contribution in [0.1, 0.15) is 19.2 Å². The number of aryl methyl sites for hydroxylation is 1. The molecule has 0 atom stereocenters. The normalized spacial score (nSPS) is 11.1. The molecular weight excluding hydrogens is 216 g/mol. The number of rotatable bonds is 3. The molecule has 0 aliphatic heterocycles. The molecule has 0 amide bonds. The van der Waals surface area contributed by atoms with E-state index in [-0.39, 0.29) is 0 Å². The summed E-state index contributed by atoms with van der Waals surface area (Å²) in [5.41, 5.74) is 1.57. The van der Waals surface area contributed by atoms with E-state index in [0.717, 1.165) is 29.8 Å². The van der Waals surface area contributed by atoms with Crippen LogP contribution in [-0.4, -0.2) is 29.3 Å². The van der Waals surface area contributed by atoms with E-state index >= 15 is 0 Å². The van der Waals surface area contributed by atoms with Crippen molar-refractivity contribution in [3.63, 3.8) is 0 Å². The third-order valence-electron chi connectivity index (χ3n) is 2.60. The van der Waals surface area contributed by atoms with Crippen LogP contribution in [0.3, 0.4) is 0 Å². The minimum Gasteiger partial charge on any atom is -0.242 e. The molecule has 0 unspecified atom stereocenters. The topological polar surface area (TPSA) is 61.4 Å². The zero-order valence-corrected chi connectivity index (χ0v) is 9.48. The van der Waals surface area contributed by atoms with Gasteiger partial charge in [0.05, 0.1) is 6.20 Å². The number of aromatic nitrogens is 6. The largest absolute Gasteiger partial charge is 0.242 e. The minimum atomic E-state index is 0.781. The molecule has 3 aromatic rings. The van der Waals surface area contributed by atoms with Crippen LogP contribution in [0.25, 0.3) is 11.2 Å². The molecule has 86 valence electrons. The summed E-state index contributed by atoms with van der Waals surface area (Å²) in [5, 5.41) is 0. The molecule has 0 N–H and O–H groups in total. The zero-order valence-electron chi connectivity index (χ0n) is 9.48. The zero-order chi connectivity index (χ0) is 11.7. The maximum Gasteiger partial charge on any atom is 0.182 e. The standard InChI is InChI=1S/C11H12N6/c1-2-3-10-13-4-5-16(10)17-8-15-9-6-12-7-14-11(9)17/h4-8H,2-3H2,1H3. The van der Waals surface area contributed by atoms with Gasteiger partial charge in [0.15, 0.2) is 5.65 Å². The SMILES string of the molecule is CCCc1nccn1-n1cnc2cncnc21. The number of fused-ring (bicyclic) bond motifs is 1. The van der Waals surface area contributed by atoms with Crippen molar-refractivity contribution in [3.8, 4) is 0 Å². The number of hydrogen-bond donors (Lipinski definition) is 0. The van der Waals surface area contributed by atoms with E-state index in [0.29, 0.717) is 0 Å². The summed E-state index contributed by atoms with van der Waals surface area (Å²) in [5.74, 6) is 1.01. The summed E-state index contributed by atoms with van der Waals surface area (Å²) >= 11 is 0. The lowest BCUT2D eigenvalue weighted by Gasteiger charge is -2.07. The van der Waals surface area contributed by atoms with E-state index < -0.39 is 0 Å². The van der Waals surface area contributed by atoms with Gasteiger partial charge in [-0.05, 0) is 6.42 Å². The first-order valence-corrected chi connectivity index (χ1v) is 5.56. The molecule has 0 spiro atoms. The third-order valence-corrected chi connectivity index (χ3v) is 2.60. The van der Waals surface area contributed by atoms with E-state index in [4.69, 9.17) is 0 Å². The highest BCUT2D eigenvalue weighted by atomic mass is 15.5. The number of imidazole rings is 2. The van der Waals surface area contributed by atoms with E-state index in [1.165, 1.54) is 6.33 Å². The fraction of sp³-hybridized carbons (Fsp3) is 0.273. The molecule has 0 saturated carbocycles.